The van der Waals surface area contributed by atoms with Crippen molar-refractivity contribution in [1.29, 1.82) is 0 Å². The first-order valence-corrected chi connectivity index (χ1v) is 4.42. The topological polar surface area (TPSA) is 57.6 Å². The van der Waals surface area contributed by atoms with Crippen LogP contribution in [0.4, 0.5) is 8.78 Å². The van der Waals surface area contributed by atoms with Gasteiger partial charge in [0.15, 0.2) is 6.29 Å². The standard InChI is InChI=1S/C9H13F2NO3/c1-3-12(4-2)5-7(8(14)15)9(10,11)6-13/h5-6H,3-4H2,1-2H3,(H,14,15). The molecule has 0 fully saturated rings. The van der Waals surface area contributed by atoms with Gasteiger partial charge in [0.2, 0.25) is 0 Å². The highest BCUT2D eigenvalue weighted by molar-refractivity contribution is 5.93. The van der Waals surface area contributed by atoms with E-state index in [2.05, 4.69) is 0 Å². The second-order valence-electron chi connectivity index (χ2n) is 2.81. The number of aliphatic carboxylic acids is 1. The van der Waals surface area contributed by atoms with Crippen molar-refractivity contribution < 1.29 is 23.5 Å². The van der Waals surface area contributed by atoms with Gasteiger partial charge in [0.1, 0.15) is 5.57 Å². The molecule has 0 heterocycles. The molecule has 0 saturated carbocycles. The summed E-state index contributed by atoms with van der Waals surface area (Å²) in [5.41, 5.74) is -1.21. The van der Waals surface area contributed by atoms with E-state index >= 15 is 0 Å². The number of aldehydes is 1. The lowest BCUT2D eigenvalue weighted by molar-refractivity contribution is -0.140. The predicted molar refractivity (Wildman–Crippen MR) is 49.7 cm³/mol. The molecule has 4 nitrogen and oxygen atoms in total. The Labute approximate surface area is 86.2 Å². The van der Waals surface area contributed by atoms with Gasteiger partial charge in [0.05, 0.1) is 0 Å². The summed E-state index contributed by atoms with van der Waals surface area (Å²) < 4.78 is 25.7. The molecule has 0 rings (SSSR count). The Bertz CT molecular complexity index is 273. The summed E-state index contributed by atoms with van der Waals surface area (Å²) in [6.45, 7) is 4.17. The van der Waals surface area contributed by atoms with Gasteiger partial charge in [-0.25, -0.2) is 4.79 Å². The van der Waals surface area contributed by atoms with E-state index in [1.54, 1.807) is 13.8 Å². The van der Waals surface area contributed by atoms with Crippen LogP contribution in [-0.4, -0.2) is 41.3 Å². The van der Waals surface area contributed by atoms with E-state index in [1.165, 1.54) is 4.90 Å². The minimum Gasteiger partial charge on any atom is -0.478 e. The molecule has 0 radical (unpaired) electrons. The van der Waals surface area contributed by atoms with Crippen molar-refractivity contribution in [2.75, 3.05) is 13.1 Å². The summed E-state index contributed by atoms with van der Waals surface area (Å²) in [6, 6.07) is 0. The Morgan fingerprint density at radius 1 is 1.40 bits per heavy atom. The van der Waals surface area contributed by atoms with Crippen molar-refractivity contribution in [2.24, 2.45) is 0 Å². The van der Waals surface area contributed by atoms with Crippen LogP contribution >= 0.6 is 0 Å². The van der Waals surface area contributed by atoms with Crippen molar-refractivity contribution in [3.05, 3.63) is 11.8 Å². The van der Waals surface area contributed by atoms with E-state index in [0.29, 0.717) is 13.1 Å². The molecule has 0 saturated heterocycles. The van der Waals surface area contributed by atoms with Gasteiger partial charge in [0, 0.05) is 19.3 Å². The van der Waals surface area contributed by atoms with Gasteiger partial charge in [-0.05, 0) is 13.8 Å². The molecule has 0 unspecified atom stereocenters. The van der Waals surface area contributed by atoms with Gasteiger partial charge in [-0.15, -0.1) is 0 Å². The molecule has 0 amide bonds. The van der Waals surface area contributed by atoms with E-state index in [0.717, 1.165) is 6.20 Å². The second kappa shape index (κ2) is 5.43. The molecular weight excluding hydrogens is 208 g/mol. The monoisotopic (exact) mass is 221 g/mol. The molecule has 0 aliphatic rings. The Hall–Kier alpha value is -1.46. The molecule has 0 aromatic carbocycles. The highest BCUT2D eigenvalue weighted by atomic mass is 19.3. The van der Waals surface area contributed by atoms with Crippen molar-refractivity contribution in [3.63, 3.8) is 0 Å². The van der Waals surface area contributed by atoms with Crippen molar-refractivity contribution in [2.45, 2.75) is 19.8 Å². The minimum absolute atomic E-state index is 0.391. The fourth-order valence-electron chi connectivity index (χ4n) is 0.936. The fraction of sp³-hybridized carbons (Fsp3) is 0.556. The number of hydrogen-bond donors (Lipinski definition) is 1. The molecule has 0 aliphatic carbocycles. The molecule has 0 atom stereocenters. The molecule has 86 valence electrons. The molecule has 0 aromatic rings. The first kappa shape index (κ1) is 13.5. The SMILES string of the molecule is CCN(C=C(C(=O)O)C(F)(F)C=O)CC. The Morgan fingerprint density at radius 2 is 1.87 bits per heavy atom. The molecule has 1 N–H and O–H groups in total. The van der Waals surface area contributed by atoms with Crippen molar-refractivity contribution >= 4 is 12.3 Å². The first-order valence-electron chi connectivity index (χ1n) is 4.42. The molecule has 0 bridgehead atoms. The van der Waals surface area contributed by atoms with Crippen LogP contribution in [0.1, 0.15) is 13.8 Å². The highest BCUT2D eigenvalue weighted by Gasteiger charge is 2.39. The van der Waals surface area contributed by atoms with Gasteiger partial charge in [0.25, 0.3) is 0 Å². The normalized spacial score (nSPS) is 12.4. The van der Waals surface area contributed by atoms with Gasteiger partial charge in [-0.2, -0.15) is 8.78 Å². The van der Waals surface area contributed by atoms with Crippen LogP contribution in [-0.2, 0) is 9.59 Å². The number of carbonyl (C=O) groups excluding carboxylic acids is 1. The predicted octanol–water partition coefficient (Wildman–Crippen LogP) is 1.13. The number of carboxylic acids is 1. The molecule has 6 heteroatoms. The molecule has 0 aliphatic heterocycles. The second-order valence-corrected chi connectivity index (χ2v) is 2.81. The van der Waals surface area contributed by atoms with Gasteiger partial charge in [-0.3, -0.25) is 4.79 Å². The maximum absolute atomic E-state index is 12.9. The van der Waals surface area contributed by atoms with Crippen LogP contribution in [0.25, 0.3) is 0 Å². The summed E-state index contributed by atoms with van der Waals surface area (Å²) >= 11 is 0. The molecule has 0 spiro atoms. The van der Waals surface area contributed by atoms with Crippen LogP contribution in [0, 0.1) is 0 Å². The smallest absolute Gasteiger partial charge is 0.339 e. The van der Waals surface area contributed by atoms with Gasteiger partial charge < -0.3 is 10.0 Å². The molecule has 15 heavy (non-hydrogen) atoms. The van der Waals surface area contributed by atoms with Crippen molar-refractivity contribution in [1.82, 2.24) is 4.90 Å². The number of halogens is 2. The van der Waals surface area contributed by atoms with Crippen LogP contribution < -0.4 is 0 Å². The Morgan fingerprint density at radius 3 is 2.13 bits per heavy atom. The lowest BCUT2D eigenvalue weighted by Crippen LogP contribution is -2.30. The Kier molecular flexibility index (Phi) is 4.90. The highest BCUT2D eigenvalue weighted by Crippen LogP contribution is 2.22. The van der Waals surface area contributed by atoms with E-state index < -0.39 is 23.8 Å². The average molecular weight is 221 g/mol. The third-order valence-corrected chi connectivity index (χ3v) is 1.86. The first-order chi connectivity index (χ1) is 6.88. The van der Waals surface area contributed by atoms with E-state index in [4.69, 9.17) is 5.11 Å². The van der Waals surface area contributed by atoms with Crippen LogP contribution in [0.3, 0.4) is 0 Å². The number of rotatable bonds is 6. The van der Waals surface area contributed by atoms with Gasteiger partial charge in [-0.1, -0.05) is 0 Å². The third kappa shape index (κ3) is 3.65. The molecule has 0 aromatic heterocycles. The summed E-state index contributed by atoms with van der Waals surface area (Å²) in [6.07, 6.45) is 0.132. The van der Waals surface area contributed by atoms with Crippen LogP contribution in [0.15, 0.2) is 11.8 Å². The number of carboxylic acid groups (broad SMARTS) is 1. The summed E-state index contributed by atoms with van der Waals surface area (Å²) in [5, 5.41) is 8.55. The quantitative estimate of drug-likeness (QED) is 0.539. The van der Waals surface area contributed by atoms with E-state index in [9.17, 15) is 18.4 Å². The van der Waals surface area contributed by atoms with E-state index in [1.807, 2.05) is 0 Å². The van der Waals surface area contributed by atoms with E-state index in [-0.39, 0.29) is 0 Å². The number of hydrogen-bond acceptors (Lipinski definition) is 3. The summed E-state index contributed by atoms with van der Waals surface area (Å²) in [5.74, 6) is -5.74. The number of alkyl halides is 2. The fourth-order valence-corrected chi connectivity index (χ4v) is 0.936. The zero-order valence-electron chi connectivity index (χ0n) is 8.54. The molecular formula is C9H13F2NO3. The average Bonchev–Trinajstić information content (AvgIpc) is 2.18. The summed E-state index contributed by atoms with van der Waals surface area (Å²) in [7, 11) is 0. The third-order valence-electron chi connectivity index (χ3n) is 1.86. The number of nitrogens with zero attached hydrogens (tertiary/aromatic N) is 1. The van der Waals surface area contributed by atoms with Crippen molar-refractivity contribution in [3.8, 4) is 0 Å². The zero-order valence-corrected chi connectivity index (χ0v) is 8.54. The van der Waals surface area contributed by atoms with Crippen LogP contribution in [0.2, 0.25) is 0 Å². The maximum atomic E-state index is 12.9. The van der Waals surface area contributed by atoms with Crippen LogP contribution in [0.5, 0.6) is 0 Å². The minimum atomic E-state index is -3.95. The maximum Gasteiger partial charge on any atom is 0.339 e. The lowest BCUT2D eigenvalue weighted by Gasteiger charge is -2.18. The summed E-state index contributed by atoms with van der Waals surface area (Å²) in [4.78, 5) is 22.0. The Balaban J connectivity index is 5.13. The zero-order chi connectivity index (χ0) is 12.1. The lowest BCUT2D eigenvalue weighted by atomic mass is 10.1. The number of carbonyl (C=O) groups is 2. The largest absolute Gasteiger partial charge is 0.478 e. The van der Waals surface area contributed by atoms with Gasteiger partial charge >= 0.3 is 11.9 Å².